The summed E-state index contributed by atoms with van der Waals surface area (Å²) in [6.45, 7) is 3.84. The van der Waals surface area contributed by atoms with Gasteiger partial charge in [0.25, 0.3) is 45.1 Å². The number of carboxylic acids is 1. The molecule has 140 heavy (non-hydrogen) atoms. The van der Waals surface area contributed by atoms with Crippen LogP contribution in [0.5, 0.6) is 0 Å². The summed E-state index contributed by atoms with van der Waals surface area (Å²) < 4.78 is 87.8. The Bertz CT molecular complexity index is 6650. The fourth-order valence-electron chi connectivity index (χ4n) is 12.0. The number of nitrogens with two attached hydrogens (primary N) is 1. The second-order valence-electron chi connectivity index (χ2n) is 26.9. The Morgan fingerprint density at radius 1 is 0.307 bits per heavy atom. The molecule has 14 rings (SSSR count). The Labute approximate surface area is 857 Å². The smallest absolute Gasteiger partial charge is 0.342 e. The first-order valence-corrected chi connectivity index (χ1v) is 46.9. The van der Waals surface area contributed by atoms with Crippen LogP contribution in [-0.4, -0.2) is 60.8 Å². The van der Waals surface area contributed by atoms with E-state index in [0.29, 0.717) is 75.9 Å². The monoisotopic (exact) mass is 2370 g/mol. The van der Waals surface area contributed by atoms with Gasteiger partial charge in [0.15, 0.2) is 5.78 Å². The molecule has 0 aromatic heterocycles. The standard InChI is InChI=1S/C14H8Br2FNO2.C14H10Br2FN.2C14H9BrFNO2.C14H10FNO2.C13H8FNO3.C7H4ClNO3.C7H5NO4.Cl2OS/c15-14(16)13(9-5-7-10(17)8-6-9)11-3-1-2-4-12(11)18(19)20;15-14(16)13(9-5-7-10(17)8-6-9)11-3-1-2-4-12(11)18;2*15-9-13(10-5-7-11(16)8-6-10)12-3-1-2-4-14(12)17(18)19;1-10(11-6-8-12(15)9-7-11)13-4-2-3-5-14(13)16(17)18;14-10-7-5-9(6-8-10)13(16)11-3-1-2-4-12(11)15(17)18;8-7(10)5-3-1-2-4-6(5)9(11)12;9-7(10)5-3-1-2-4-6(5)8(11)12;1-4(2)3/h1-8H;1-8H,18H2;2*1-9H;2-9H,1H2;1-8H;1-4H;1-4H,(H,9,10);. The summed E-state index contributed by atoms with van der Waals surface area (Å²) in [5.41, 5.74) is 15.2. The van der Waals surface area contributed by atoms with Crippen molar-refractivity contribution >= 4 is 228 Å². The predicted octanol–water partition coefficient (Wildman–Crippen LogP) is 30.3. The number of rotatable bonds is 21. The highest BCUT2D eigenvalue weighted by Crippen LogP contribution is 2.41. The molecule has 0 fully saturated rings. The summed E-state index contributed by atoms with van der Waals surface area (Å²) in [4.78, 5) is 108. The van der Waals surface area contributed by atoms with Crippen LogP contribution in [0, 0.1) is 106 Å². The molecule has 0 unspecified atom stereocenters. The van der Waals surface area contributed by atoms with Gasteiger partial charge in [0.2, 0.25) is 9.23 Å². The zero-order valence-electron chi connectivity index (χ0n) is 70.8. The molecule has 0 amide bonds. The van der Waals surface area contributed by atoms with Gasteiger partial charge in [-0.25, -0.2) is 35.3 Å². The number of halogens is 15. The molecule has 0 aliphatic heterocycles. The van der Waals surface area contributed by atoms with Crippen LogP contribution in [0.1, 0.15) is 92.3 Å². The van der Waals surface area contributed by atoms with Crippen LogP contribution in [-0.2, 0) is 9.23 Å². The van der Waals surface area contributed by atoms with Crippen molar-refractivity contribution in [1.29, 1.82) is 0 Å². The van der Waals surface area contributed by atoms with Gasteiger partial charge in [-0.1, -0.05) is 202 Å². The van der Waals surface area contributed by atoms with Crippen LogP contribution in [0.3, 0.4) is 0 Å². The lowest BCUT2D eigenvalue weighted by atomic mass is 9.98. The van der Waals surface area contributed by atoms with Crippen LogP contribution in [0.4, 0.5) is 71.8 Å². The van der Waals surface area contributed by atoms with Gasteiger partial charge < -0.3 is 10.8 Å². The third kappa shape index (κ3) is 35.3. The zero-order chi connectivity index (χ0) is 104. The number of nitrogens with zero attached hydrogens (tertiary/aromatic N) is 7. The first-order chi connectivity index (χ1) is 66.5. The van der Waals surface area contributed by atoms with Gasteiger partial charge in [0, 0.05) is 103 Å². The van der Waals surface area contributed by atoms with Crippen molar-refractivity contribution in [2.24, 2.45) is 0 Å². The van der Waals surface area contributed by atoms with Gasteiger partial charge in [-0.15, -0.1) is 0 Å². The Morgan fingerprint density at radius 2 is 0.514 bits per heavy atom. The van der Waals surface area contributed by atoms with E-state index in [1.807, 2.05) is 24.3 Å². The lowest BCUT2D eigenvalue weighted by Gasteiger charge is -2.11. The minimum Gasteiger partial charge on any atom is -0.477 e. The Kier molecular flexibility index (Phi) is 47.2. The number of benzene rings is 14. The van der Waals surface area contributed by atoms with Crippen molar-refractivity contribution in [2.45, 2.75) is 0 Å². The van der Waals surface area contributed by atoms with Crippen LogP contribution < -0.4 is 5.73 Å². The van der Waals surface area contributed by atoms with Crippen molar-refractivity contribution in [1.82, 2.24) is 0 Å². The summed E-state index contributed by atoms with van der Waals surface area (Å²) in [6.07, 6.45) is 0. The van der Waals surface area contributed by atoms with Crippen molar-refractivity contribution in [2.75, 3.05) is 5.73 Å². The number of nitro benzene ring substituents is 7. The van der Waals surface area contributed by atoms with Gasteiger partial charge in [-0.3, -0.25) is 80.4 Å². The van der Waals surface area contributed by atoms with Crippen LogP contribution in [0.25, 0.3) is 27.9 Å². The number of carbonyl (C=O) groups is 3. The number of hydrogen-bond acceptors (Lipinski definition) is 19. The van der Waals surface area contributed by atoms with Crippen molar-refractivity contribution < 1.29 is 84.5 Å². The molecule has 14 aromatic rings. The molecule has 0 atom stereocenters. The average Bonchev–Trinajstić information content (AvgIpc) is 0.813. The maximum absolute atomic E-state index is 13.0. The maximum Gasteiger partial charge on any atom is 0.342 e. The first kappa shape index (κ1) is 114. The molecule has 43 heteroatoms. The molecule has 0 bridgehead atoms. The Morgan fingerprint density at radius 3 is 0.786 bits per heavy atom. The van der Waals surface area contributed by atoms with Crippen LogP contribution in [0.2, 0.25) is 0 Å². The maximum atomic E-state index is 13.0. The highest BCUT2D eigenvalue weighted by atomic mass is 79.9. The van der Waals surface area contributed by atoms with Crippen molar-refractivity contribution in [3.63, 3.8) is 0 Å². The zero-order valence-corrected chi connectivity index (χ0v) is 83.4. The third-order valence-electron chi connectivity index (χ3n) is 18.3. The summed E-state index contributed by atoms with van der Waals surface area (Å²) in [7, 11) is 7.36. The molecule has 3 N–H and O–H groups in total. The molecular weight excluding hydrogens is 2310 g/mol. The van der Waals surface area contributed by atoms with Gasteiger partial charge >= 0.3 is 5.97 Å². The predicted molar refractivity (Wildman–Crippen MR) is 549 cm³/mol. The number of carboxylic acid groups (broad SMARTS) is 1. The number of hydrogen-bond donors (Lipinski definition) is 2. The van der Waals surface area contributed by atoms with Crippen molar-refractivity contribution in [3.05, 3.63) is 547 Å². The molecule has 0 saturated carbocycles. The average molecular weight is 2380 g/mol. The number of para-hydroxylation sites is 8. The normalized spacial score (nSPS) is 10.3. The summed E-state index contributed by atoms with van der Waals surface area (Å²) in [5, 5.41) is 83.2. The lowest BCUT2D eigenvalue weighted by molar-refractivity contribution is -0.385. The fraction of sp³-hybridized carbons (Fsp3) is 0. The second-order valence-corrected chi connectivity index (χ2v) is 36.0. The number of ketones is 1. The van der Waals surface area contributed by atoms with E-state index >= 15 is 0 Å². The van der Waals surface area contributed by atoms with E-state index in [-0.39, 0.29) is 91.2 Å². The Hall–Kier alpha value is -14.3. The number of nitrogen functional groups attached to an aromatic ring is 1. The summed E-state index contributed by atoms with van der Waals surface area (Å²) in [6, 6.07) is 83.9. The molecule has 0 aliphatic rings. The molecule has 27 nitrogen and oxygen atoms in total. The number of anilines is 1. The molecule has 0 heterocycles. The Balaban J connectivity index is 0.000000245. The molecule has 0 aliphatic carbocycles. The molecule has 716 valence electrons. The van der Waals surface area contributed by atoms with E-state index in [4.69, 9.17) is 26.7 Å². The fourth-order valence-corrected chi connectivity index (χ4v) is 14.9. The number of nitro groups is 7. The van der Waals surface area contributed by atoms with E-state index in [0.717, 1.165) is 38.3 Å². The van der Waals surface area contributed by atoms with E-state index < -0.39 is 66.5 Å². The third-order valence-corrected chi connectivity index (χ3v) is 21.0. The van der Waals surface area contributed by atoms with Crippen LogP contribution >= 0.6 is 129 Å². The number of carbonyl (C=O) groups excluding carboxylic acids is 2. The highest BCUT2D eigenvalue weighted by molar-refractivity contribution is 9.28. The molecule has 14 aromatic carbocycles. The topological polar surface area (TPSA) is 417 Å². The summed E-state index contributed by atoms with van der Waals surface area (Å²) >= 11 is 25.0. The second kappa shape index (κ2) is 57.8. The van der Waals surface area contributed by atoms with E-state index in [9.17, 15) is 112 Å². The molecule has 0 saturated heterocycles. The number of aromatic carboxylic acids is 1. The first-order valence-electron chi connectivity index (χ1n) is 38.7. The molecular formula is C97H63Br6Cl3F6N8O19S. The van der Waals surface area contributed by atoms with Gasteiger partial charge in [0.1, 0.15) is 51.6 Å². The van der Waals surface area contributed by atoms with Gasteiger partial charge in [0.05, 0.1) is 63.5 Å². The van der Waals surface area contributed by atoms with Crippen LogP contribution in [0.15, 0.2) is 363 Å². The SMILES string of the molecule is C=C(c1ccc(F)cc1)c1ccccc1[N+](=O)[O-].Nc1ccccc1C(=C(Br)Br)c1ccc(F)cc1.O=C(Cl)c1ccccc1[N+](=O)[O-].O=C(O)c1ccccc1[N+](=O)[O-].O=C(c1ccc(F)cc1)c1ccccc1[N+](=O)[O-].O=S(Cl)Cl.O=[N+]([O-])c1ccccc1C(=C(Br)Br)c1ccc(F)cc1.O=[N+]([O-])c1ccccc1C(=CBr)c1ccc(F)cc1.O=[N+]([O-])c1ccccc1C(=CBr)c1ccc(F)cc1. The van der Waals surface area contributed by atoms with Gasteiger partial charge in [-0.2, -0.15) is 0 Å². The lowest BCUT2D eigenvalue weighted by Crippen LogP contribution is -2.05. The van der Waals surface area contributed by atoms with E-state index in [1.54, 1.807) is 149 Å². The molecule has 0 radical (unpaired) electrons. The largest absolute Gasteiger partial charge is 0.477 e. The van der Waals surface area contributed by atoms with E-state index in [1.165, 1.54) is 158 Å². The quantitative estimate of drug-likeness (QED) is 0.0168. The summed E-state index contributed by atoms with van der Waals surface area (Å²) in [5.74, 6) is -3.92. The highest BCUT2D eigenvalue weighted by Gasteiger charge is 2.26. The van der Waals surface area contributed by atoms with E-state index in [2.05, 4.69) is 124 Å². The molecule has 0 spiro atoms. The minimum atomic E-state index is -1.67. The minimum absolute atomic E-state index is 0.00546. The van der Waals surface area contributed by atoms with Gasteiger partial charge in [-0.05, 0) is 252 Å². The van der Waals surface area contributed by atoms with Crippen molar-refractivity contribution in [3.8, 4) is 0 Å².